The maximum absolute atomic E-state index is 13.8. The van der Waals surface area contributed by atoms with E-state index >= 15 is 0 Å². The highest BCUT2D eigenvalue weighted by molar-refractivity contribution is 6.09. The minimum atomic E-state index is -4.77. The first-order valence-corrected chi connectivity index (χ1v) is 11.9. The molecule has 1 amide bonds. The number of carbonyl (C=O) groups is 1. The number of rotatable bonds is 4. The largest absolute Gasteiger partial charge is 0.507 e. The van der Waals surface area contributed by atoms with Gasteiger partial charge >= 0.3 is 6.18 Å². The van der Waals surface area contributed by atoms with Crippen molar-refractivity contribution in [3.63, 3.8) is 0 Å². The van der Waals surface area contributed by atoms with Crippen LogP contribution in [0.4, 0.5) is 29.2 Å². The van der Waals surface area contributed by atoms with Crippen LogP contribution in [0.5, 0.6) is 5.75 Å². The molecule has 1 atom stereocenters. The van der Waals surface area contributed by atoms with Gasteiger partial charge in [0.15, 0.2) is 11.5 Å². The van der Waals surface area contributed by atoms with E-state index in [-0.39, 0.29) is 40.8 Å². The van der Waals surface area contributed by atoms with E-state index in [1.54, 1.807) is 35.1 Å². The summed E-state index contributed by atoms with van der Waals surface area (Å²) >= 11 is 0. The summed E-state index contributed by atoms with van der Waals surface area (Å²) in [6.07, 6.45) is 0.398. The summed E-state index contributed by atoms with van der Waals surface area (Å²) in [6, 6.07) is 8.79. The van der Waals surface area contributed by atoms with Crippen molar-refractivity contribution in [1.29, 1.82) is 0 Å². The van der Waals surface area contributed by atoms with Crippen molar-refractivity contribution in [3.8, 4) is 17.3 Å². The number of anilines is 2. The summed E-state index contributed by atoms with van der Waals surface area (Å²) in [6.45, 7) is 1.46. The topological polar surface area (TPSA) is 131 Å². The smallest absolute Gasteiger partial charge is 0.419 e. The number of hydrogen-bond donors (Lipinski definition) is 3. The fraction of sp³-hybridized carbons (Fsp3) is 0.148. The molecule has 0 radical (unpaired) electrons. The number of nitrogens with two attached hydrogens (primary N) is 1. The number of carbonyl (C=O) groups excluding carboxylic acids is 1. The van der Waals surface area contributed by atoms with Gasteiger partial charge in [-0.15, -0.1) is 0 Å². The van der Waals surface area contributed by atoms with Gasteiger partial charge in [-0.3, -0.25) is 4.79 Å². The number of amides is 1. The van der Waals surface area contributed by atoms with Gasteiger partial charge in [0.2, 0.25) is 5.91 Å². The Kier molecular flexibility index (Phi) is 5.50. The summed E-state index contributed by atoms with van der Waals surface area (Å²) in [4.78, 5) is 31.0. The lowest BCUT2D eigenvalue weighted by Crippen LogP contribution is -2.33. The van der Waals surface area contributed by atoms with Crippen LogP contribution in [-0.2, 0) is 22.8 Å². The number of nitrogens with one attached hydrogen (secondary N) is 1. The fourth-order valence-electron chi connectivity index (χ4n) is 4.94. The first kappa shape index (κ1) is 25.2. The zero-order chi connectivity index (χ0) is 28.4. The van der Waals surface area contributed by atoms with Crippen molar-refractivity contribution in [3.05, 3.63) is 94.8 Å². The van der Waals surface area contributed by atoms with Gasteiger partial charge < -0.3 is 20.6 Å². The van der Waals surface area contributed by atoms with Gasteiger partial charge in [0.25, 0.3) is 0 Å². The molecule has 0 unspecified atom stereocenters. The van der Waals surface area contributed by atoms with E-state index in [4.69, 9.17) is 5.73 Å². The Balaban J connectivity index is 1.44. The van der Waals surface area contributed by atoms with Crippen molar-refractivity contribution in [2.75, 3.05) is 11.1 Å². The summed E-state index contributed by atoms with van der Waals surface area (Å²) < 4.78 is 55.0. The van der Waals surface area contributed by atoms with Crippen molar-refractivity contribution in [1.82, 2.24) is 24.3 Å². The van der Waals surface area contributed by atoms with Gasteiger partial charge in [-0.05, 0) is 42.3 Å². The Morgan fingerprint density at radius 2 is 1.93 bits per heavy atom. The standard InChI is InChI=1S/C27H19F4N7O2/c1-26(14-5-6-16(19(39)11-14)27(29,30)31)20-21(32)35-22(36-23(20)37-25(26)40)18-12-38-8-7-33-24(38)17(34-18)10-13-3-2-4-15(28)9-13/h2-9,11-12,39H,10H2,1H3,(H3,32,35,36,37,40)/t26-/m1/s1. The lowest BCUT2D eigenvalue weighted by molar-refractivity contribution is -0.138. The third-order valence-corrected chi connectivity index (χ3v) is 6.94. The summed E-state index contributed by atoms with van der Waals surface area (Å²) in [5.41, 5.74) is 5.77. The molecule has 4 N–H and O–H groups in total. The molecule has 5 aromatic rings. The molecule has 0 fully saturated rings. The first-order valence-electron chi connectivity index (χ1n) is 11.9. The molecule has 9 nitrogen and oxygen atoms in total. The van der Waals surface area contributed by atoms with Gasteiger partial charge in [0.05, 0.1) is 16.8 Å². The zero-order valence-electron chi connectivity index (χ0n) is 20.7. The molecule has 3 aromatic heterocycles. The third-order valence-electron chi connectivity index (χ3n) is 6.94. The van der Waals surface area contributed by atoms with Gasteiger partial charge in [-0.2, -0.15) is 13.2 Å². The highest BCUT2D eigenvalue weighted by Crippen LogP contribution is 2.47. The molecule has 40 heavy (non-hydrogen) atoms. The summed E-state index contributed by atoms with van der Waals surface area (Å²) in [5.74, 6) is -1.97. The second-order valence-corrected chi connectivity index (χ2v) is 9.50. The molecule has 0 spiro atoms. The second-order valence-electron chi connectivity index (χ2n) is 9.50. The lowest BCUT2D eigenvalue weighted by Gasteiger charge is -2.24. The van der Waals surface area contributed by atoms with Crippen LogP contribution in [0.3, 0.4) is 0 Å². The minimum absolute atomic E-state index is 0.0635. The Labute approximate surface area is 223 Å². The number of nitrogens with zero attached hydrogens (tertiary/aromatic N) is 5. The van der Waals surface area contributed by atoms with E-state index in [1.165, 1.54) is 19.1 Å². The number of imidazole rings is 1. The maximum atomic E-state index is 13.8. The Hall–Kier alpha value is -5.07. The van der Waals surface area contributed by atoms with Crippen molar-refractivity contribution in [2.24, 2.45) is 0 Å². The SMILES string of the molecule is C[C@]1(c2ccc(C(F)(F)F)c(O)c2)C(=O)Nc2nc(-c3cn4ccnc4c(Cc4cccc(F)c4)n3)nc(N)c21. The molecule has 1 aliphatic heterocycles. The predicted octanol–water partition coefficient (Wildman–Crippen LogP) is 4.48. The molecule has 4 heterocycles. The number of hydrogen-bond acceptors (Lipinski definition) is 7. The Bertz CT molecular complexity index is 1840. The van der Waals surface area contributed by atoms with Crippen LogP contribution in [0.2, 0.25) is 0 Å². The molecular weight excluding hydrogens is 530 g/mol. The van der Waals surface area contributed by atoms with E-state index in [0.29, 0.717) is 28.7 Å². The van der Waals surface area contributed by atoms with E-state index < -0.39 is 28.8 Å². The lowest BCUT2D eigenvalue weighted by atomic mass is 9.77. The second kappa shape index (κ2) is 8.73. The Morgan fingerprint density at radius 1 is 1.12 bits per heavy atom. The van der Waals surface area contributed by atoms with Crippen LogP contribution in [0.1, 0.15) is 34.9 Å². The van der Waals surface area contributed by atoms with Crippen LogP contribution in [0.25, 0.3) is 17.2 Å². The first-order chi connectivity index (χ1) is 18.9. The maximum Gasteiger partial charge on any atom is 0.419 e. The molecule has 0 bridgehead atoms. The minimum Gasteiger partial charge on any atom is -0.507 e. The van der Waals surface area contributed by atoms with E-state index in [0.717, 1.165) is 12.1 Å². The molecule has 0 aliphatic carbocycles. The third kappa shape index (κ3) is 3.97. The molecule has 13 heteroatoms. The number of phenolic OH excluding ortho intramolecular Hbond substituents is 1. The summed E-state index contributed by atoms with van der Waals surface area (Å²) in [7, 11) is 0. The van der Waals surface area contributed by atoms with E-state index in [1.807, 2.05) is 0 Å². The number of fused-ring (bicyclic) bond motifs is 2. The molecule has 1 aliphatic rings. The van der Waals surface area contributed by atoms with Gasteiger partial charge in [0, 0.05) is 25.0 Å². The highest BCUT2D eigenvalue weighted by atomic mass is 19.4. The van der Waals surface area contributed by atoms with E-state index in [2.05, 4.69) is 25.3 Å². The molecule has 0 saturated carbocycles. The quantitative estimate of drug-likeness (QED) is 0.282. The number of alkyl halides is 3. The van der Waals surface area contributed by atoms with Gasteiger partial charge in [0.1, 0.15) is 34.3 Å². The van der Waals surface area contributed by atoms with Crippen LogP contribution >= 0.6 is 0 Å². The molecular formula is C27H19F4N7O2. The molecule has 202 valence electrons. The van der Waals surface area contributed by atoms with Gasteiger partial charge in [-0.1, -0.05) is 18.2 Å². The van der Waals surface area contributed by atoms with Gasteiger partial charge in [-0.25, -0.2) is 24.3 Å². The zero-order valence-corrected chi connectivity index (χ0v) is 20.7. The number of benzene rings is 2. The van der Waals surface area contributed by atoms with E-state index in [9.17, 15) is 27.5 Å². The number of halogens is 4. The normalized spacial score (nSPS) is 16.8. The summed E-state index contributed by atoms with van der Waals surface area (Å²) in [5, 5.41) is 12.7. The molecule has 0 saturated heterocycles. The number of aromatic nitrogens is 5. The van der Waals surface area contributed by atoms with Crippen LogP contribution in [-0.4, -0.2) is 35.4 Å². The average molecular weight is 549 g/mol. The number of nitrogen functional groups attached to an aromatic ring is 1. The number of aromatic hydroxyl groups is 1. The number of phenols is 1. The van der Waals surface area contributed by atoms with Crippen LogP contribution < -0.4 is 11.1 Å². The average Bonchev–Trinajstić information content (AvgIpc) is 3.46. The Morgan fingerprint density at radius 3 is 2.65 bits per heavy atom. The van der Waals surface area contributed by atoms with Crippen molar-refractivity contribution < 1.29 is 27.5 Å². The monoisotopic (exact) mass is 549 g/mol. The van der Waals surface area contributed by atoms with Crippen molar-refractivity contribution >= 4 is 23.2 Å². The molecule has 6 rings (SSSR count). The van der Waals surface area contributed by atoms with Crippen LogP contribution in [0, 0.1) is 5.82 Å². The van der Waals surface area contributed by atoms with Crippen LogP contribution in [0.15, 0.2) is 61.1 Å². The predicted molar refractivity (Wildman–Crippen MR) is 136 cm³/mol. The van der Waals surface area contributed by atoms with Crippen molar-refractivity contribution in [2.45, 2.75) is 24.9 Å². The highest BCUT2D eigenvalue weighted by Gasteiger charge is 2.48. The fourth-order valence-corrected chi connectivity index (χ4v) is 4.94. The molecule has 2 aromatic carbocycles.